The molecule has 0 aliphatic heterocycles. The summed E-state index contributed by atoms with van der Waals surface area (Å²) >= 11 is 0. The molecule has 1 unspecified atom stereocenters. The molecule has 0 radical (unpaired) electrons. The predicted molar refractivity (Wildman–Crippen MR) is 83.3 cm³/mol. The number of para-hydroxylation sites is 1. The summed E-state index contributed by atoms with van der Waals surface area (Å²) in [6, 6.07) is 9.01. The van der Waals surface area contributed by atoms with Gasteiger partial charge in [-0.1, -0.05) is 12.1 Å². The lowest BCUT2D eigenvalue weighted by Gasteiger charge is -2.23. The minimum Gasteiger partial charge on any atom is -0.468 e. The number of furan rings is 1. The molecule has 126 valence electrons. The van der Waals surface area contributed by atoms with Crippen molar-refractivity contribution in [3.05, 3.63) is 48.4 Å². The quantitative estimate of drug-likeness (QED) is 0.837. The number of hydrogen-bond acceptors (Lipinski definition) is 5. The van der Waals surface area contributed by atoms with Crippen LogP contribution in [0.15, 0.2) is 52.0 Å². The Morgan fingerprint density at radius 2 is 1.87 bits per heavy atom. The molecule has 1 aromatic carbocycles. The van der Waals surface area contributed by atoms with Crippen LogP contribution in [0, 0.1) is 0 Å². The summed E-state index contributed by atoms with van der Waals surface area (Å²) in [5, 5.41) is 2.93. The SMILES string of the molecule is CN(C)C(CNc1ccccc1S(=O)(=O)C(F)F)c1ccco1. The number of nitrogens with one attached hydrogen (secondary N) is 1. The lowest BCUT2D eigenvalue weighted by molar-refractivity contribution is 0.235. The van der Waals surface area contributed by atoms with Crippen LogP contribution < -0.4 is 5.32 Å². The van der Waals surface area contributed by atoms with Crippen LogP contribution in [-0.4, -0.2) is 39.7 Å². The molecule has 2 aromatic rings. The first-order chi connectivity index (χ1) is 10.8. The number of hydrogen-bond donors (Lipinski definition) is 1. The van der Waals surface area contributed by atoms with Crippen molar-refractivity contribution in [1.29, 1.82) is 0 Å². The molecule has 5 nitrogen and oxygen atoms in total. The standard InChI is InChI=1S/C15H18F2N2O3S/c1-19(2)12(13-7-5-9-22-13)10-18-11-6-3-4-8-14(11)23(20,21)15(16)17/h3-9,12,15,18H,10H2,1-2H3. The van der Waals surface area contributed by atoms with Gasteiger partial charge in [-0.25, -0.2) is 8.42 Å². The van der Waals surface area contributed by atoms with Crippen LogP contribution in [0.1, 0.15) is 11.8 Å². The zero-order valence-electron chi connectivity index (χ0n) is 12.7. The molecule has 0 amide bonds. The first-order valence-corrected chi connectivity index (χ1v) is 8.43. The molecule has 0 aliphatic carbocycles. The molecule has 0 fully saturated rings. The fourth-order valence-corrected chi connectivity index (χ4v) is 3.09. The second-order valence-electron chi connectivity index (χ2n) is 5.18. The molecule has 0 spiro atoms. The summed E-state index contributed by atoms with van der Waals surface area (Å²) in [6.07, 6.45) is 1.54. The monoisotopic (exact) mass is 344 g/mol. The van der Waals surface area contributed by atoms with Gasteiger partial charge in [0.15, 0.2) is 0 Å². The molecular formula is C15H18F2N2O3S. The van der Waals surface area contributed by atoms with Gasteiger partial charge < -0.3 is 9.73 Å². The number of likely N-dealkylation sites (N-methyl/N-ethyl adjacent to an activating group) is 1. The Hall–Kier alpha value is -1.93. The van der Waals surface area contributed by atoms with E-state index in [1.54, 1.807) is 24.5 Å². The Morgan fingerprint density at radius 1 is 1.17 bits per heavy atom. The van der Waals surface area contributed by atoms with Crippen molar-refractivity contribution in [3.8, 4) is 0 Å². The number of sulfone groups is 1. The largest absolute Gasteiger partial charge is 0.468 e. The topological polar surface area (TPSA) is 62.6 Å². The molecule has 23 heavy (non-hydrogen) atoms. The molecule has 1 heterocycles. The Morgan fingerprint density at radius 3 is 2.43 bits per heavy atom. The molecule has 0 saturated heterocycles. The van der Waals surface area contributed by atoms with Gasteiger partial charge in [-0.2, -0.15) is 8.78 Å². The number of benzene rings is 1. The normalized spacial score (nSPS) is 13.5. The maximum Gasteiger partial charge on any atom is 0.341 e. The van der Waals surface area contributed by atoms with E-state index in [4.69, 9.17) is 4.42 Å². The van der Waals surface area contributed by atoms with E-state index in [1.165, 1.54) is 18.2 Å². The minimum absolute atomic E-state index is 0.145. The predicted octanol–water partition coefficient (Wildman–Crippen LogP) is 2.99. The van der Waals surface area contributed by atoms with Crippen molar-refractivity contribution in [3.63, 3.8) is 0 Å². The van der Waals surface area contributed by atoms with Gasteiger partial charge >= 0.3 is 5.76 Å². The fourth-order valence-electron chi connectivity index (χ4n) is 2.18. The van der Waals surface area contributed by atoms with Crippen molar-refractivity contribution in [1.82, 2.24) is 4.90 Å². The van der Waals surface area contributed by atoms with Gasteiger partial charge in [0.1, 0.15) is 5.76 Å². The van der Waals surface area contributed by atoms with Crippen LogP contribution in [0.4, 0.5) is 14.5 Å². The highest BCUT2D eigenvalue weighted by molar-refractivity contribution is 7.91. The van der Waals surface area contributed by atoms with Gasteiger partial charge in [-0.15, -0.1) is 0 Å². The zero-order chi connectivity index (χ0) is 17.0. The average molecular weight is 344 g/mol. The number of alkyl halides is 2. The van der Waals surface area contributed by atoms with Crippen molar-refractivity contribution < 1.29 is 21.6 Å². The number of rotatable bonds is 7. The minimum atomic E-state index is -4.66. The van der Waals surface area contributed by atoms with Gasteiger partial charge in [0, 0.05) is 6.54 Å². The van der Waals surface area contributed by atoms with Gasteiger partial charge in [-0.3, -0.25) is 4.90 Å². The van der Waals surface area contributed by atoms with Crippen LogP contribution in [0.3, 0.4) is 0 Å². The van der Waals surface area contributed by atoms with E-state index in [0.717, 1.165) is 0 Å². The van der Waals surface area contributed by atoms with E-state index in [9.17, 15) is 17.2 Å². The van der Waals surface area contributed by atoms with Crippen molar-refractivity contribution in [2.75, 3.05) is 26.0 Å². The Balaban J connectivity index is 2.24. The van der Waals surface area contributed by atoms with Crippen LogP contribution >= 0.6 is 0 Å². The third kappa shape index (κ3) is 3.89. The van der Waals surface area contributed by atoms with E-state index in [0.29, 0.717) is 12.3 Å². The van der Waals surface area contributed by atoms with Gasteiger partial charge in [0.05, 0.1) is 22.9 Å². The molecule has 0 bridgehead atoms. The molecule has 2 rings (SSSR count). The summed E-state index contributed by atoms with van der Waals surface area (Å²) in [5.74, 6) is -2.77. The smallest absolute Gasteiger partial charge is 0.341 e. The lowest BCUT2D eigenvalue weighted by atomic mass is 10.2. The molecular weight excluding hydrogens is 326 g/mol. The van der Waals surface area contributed by atoms with E-state index < -0.39 is 20.5 Å². The third-order valence-corrected chi connectivity index (χ3v) is 4.85. The first-order valence-electron chi connectivity index (χ1n) is 6.89. The summed E-state index contributed by atoms with van der Waals surface area (Å²) in [7, 11) is -0.975. The summed E-state index contributed by atoms with van der Waals surface area (Å²) in [6.45, 7) is 0.302. The summed E-state index contributed by atoms with van der Waals surface area (Å²) < 4.78 is 54.4. The van der Waals surface area contributed by atoms with Gasteiger partial charge in [0.25, 0.3) is 0 Å². The van der Waals surface area contributed by atoms with Crippen molar-refractivity contribution in [2.45, 2.75) is 16.7 Å². The summed E-state index contributed by atoms with van der Waals surface area (Å²) in [4.78, 5) is 1.47. The molecule has 1 N–H and O–H groups in total. The number of nitrogens with zero attached hydrogens (tertiary/aromatic N) is 1. The fraction of sp³-hybridized carbons (Fsp3) is 0.333. The van der Waals surface area contributed by atoms with E-state index in [-0.39, 0.29) is 11.7 Å². The van der Waals surface area contributed by atoms with Crippen molar-refractivity contribution >= 4 is 15.5 Å². The van der Waals surface area contributed by atoms with Gasteiger partial charge in [-0.05, 0) is 38.4 Å². The second kappa shape index (κ2) is 7.10. The van der Waals surface area contributed by atoms with Gasteiger partial charge in [0.2, 0.25) is 9.84 Å². The highest BCUT2D eigenvalue weighted by Gasteiger charge is 2.29. The third-order valence-electron chi connectivity index (χ3n) is 3.41. The molecule has 0 aliphatic rings. The Bertz CT molecular complexity index is 731. The number of halogens is 2. The second-order valence-corrected chi connectivity index (χ2v) is 7.06. The van der Waals surface area contributed by atoms with E-state index in [2.05, 4.69) is 5.32 Å². The van der Waals surface area contributed by atoms with Crippen molar-refractivity contribution in [2.24, 2.45) is 0 Å². The van der Waals surface area contributed by atoms with Crippen LogP contribution in [0.25, 0.3) is 0 Å². The van der Waals surface area contributed by atoms with Crippen LogP contribution in [-0.2, 0) is 9.84 Å². The summed E-state index contributed by atoms with van der Waals surface area (Å²) in [5.41, 5.74) is 0.145. The lowest BCUT2D eigenvalue weighted by Crippen LogP contribution is -2.27. The molecule has 1 atom stereocenters. The zero-order valence-corrected chi connectivity index (χ0v) is 13.6. The van der Waals surface area contributed by atoms with E-state index >= 15 is 0 Å². The first kappa shape index (κ1) is 17.4. The highest BCUT2D eigenvalue weighted by atomic mass is 32.2. The molecule has 0 saturated carbocycles. The van der Waals surface area contributed by atoms with E-state index in [1.807, 2.05) is 19.0 Å². The Kier molecular flexibility index (Phi) is 5.38. The molecule has 1 aromatic heterocycles. The average Bonchev–Trinajstić information content (AvgIpc) is 3.01. The maximum atomic E-state index is 12.8. The van der Waals surface area contributed by atoms with Crippen LogP contribution in [0.5, 0.6) is 0 Å². The Labute approximate surface area is 133 Å². The number of anilines is 1. The van der Waals surface area contributed by atoms with Crippen LogP contribution in [0.2, 0.25) is 0 Å². The highest BCUT2D eigenvalue weighted by Crippen LogP contribution is 2.27. The molecule has 8 heteroatoms. The maximum absolute atomic E-state index is 12.8.